The molecule has 124 valence electrons. The third-order valence-electron chi connectivity index (χ3n) is 3.27. The maximum Gasteiger partial charge on any atom is 0.321 e. The fraction of sp³-hybridized carbons (Fsp3) is 0.562. The highest BCUT2D eigenvalue weighted by Gasteiger charge is 2.26. The van der Waals surface area contributed by atoms with E-state index in [2.05, 4.69) is 0 Å². The van der Waals surface area contributed by atoms with Crippen molar-refractivity contribution in [1.82, 2.24) is 4.31 Å². The quantitative estimate of drug-likeness (QED) is 0.689. The van der Waals surface area contributed by atoms with Crippen LogP contribution in [0.4, 0.5) is 0 Å². The van der Waals surface area contributed by atoms with E-state index >= 15 is 0 Å². The molecule has 1 rings (SSSR count). The molecule has 1 aromatic rings. The van der Waals surface area contributed by atoms with Crippen molar-refractivity contribution in [1.29, 1.82) is 0 Å². The van der Waals surface area contributed by atoms with Gasteiger partial charge in [-0.05, 0) is 37.0 Å². The van der Waals surface area contributed by atoms with E-state index in [1.807, 2.05) is 32.9 Å². The predicted molar refractivity (Wildman–Crippen MR) is 86.2 cm³/mol. The van der Waals surface area contributed by atoms with Crippen LogP contribution >= 0.6 is 0 Å². The highest BCUT2D eigenvalue weighted by Crippen LogP contribution is 2.20. The summed E-state index contributed by atoms with van der Waals surface area (Å²) in [6, 6.07) is 6.81. The molecular formula is C16H25NO4S. The van der Waals surface area contributed by atoms with Crippen LogP contribution in [0.2, 0.25) is 0 Å². The molecule has 5 nitrogen and oxygen atoms in total. The summed E-state index contributed by atoms with van der Waals surface area (Å²) in [7, 11) is -3.69. The normalized spacial score (nSPS) is 11.9. The summed E-state index contributed by atoms with van der Waals surface area (Å²) in [4.78, 5) is 11.8. The van der Waals surface area contributed by atoms with Gasteiger partial charge in [-0.25, -0.2) is 8.42 Å². The van der Waals surface area contributed by atoms with Crippen LogP contribution in [0.15, 0.2) is 29.2 Å². The number of sulfonamides is 1. The van der Waals surface area contributed by atoms with Crippen molar-refractivity contribution in [3.05, 3.63) is 29.8 Å². The molecule has 0 aromatic heterocycles. The first-order valence-electron chi connectivity index (χ1n) is 7.58. The lowest BCUT2D eigenvalue weighted by Gasteiger charge is -2.21. The first-order valence-corrected chi connectivity index (χ1v) is 9.02. The Balaban J connectivity index is 3.02. The van der Waals surface area contributed by atoms with Gasteiger partial charge in [0.15, 0.2) is 0 Å². The van der Waals surface area contributed by atoms with Crippen molar-refractivity contribution in [2.75, 3.05) is 19.7 Å². The molecule has 0 aliphatic rings. The molecule has 0 fully saturated rings. The maximum absolute atomic E-state index is 12.7. The number of esters is 1. The summed E-state index contributed by atoms with van der Waals surface area (Å²) < 4.78 is 31.4. The maximum atomic E-state index is 12.7. The highest BCUT2D eigenvalue weighted by atomic mass is 32.2. The molecule has 1 aromatic carbocycles. The molecule has 0 radical (unpaired) electrons. The van der Waals surface area contributed by atoms with Crippen molar-refractivity contribution in [2.45, 2.75) is 44.9 Å². The van der Waals surface area contributed by atoms with E-state index in [0.717, 1.165) is 5.56 Å². The third-order valence-corrected chi connectivity index (χ3v) is 5.13. The second-order valence-corrected chi connectivity index (χ2v) is 7.31. The Morgan fingerprint density at radius 2 is 1.77 bits per heavy atom. The van der Waals surface area contributed by atoms with E-state index in [9.17, 15) is 13.2 Å². The van der Waals surface area contributed by atoms with E-state index in [-0.39, 0.29) is 24.6 Å². The van der Waals surface area contributed by atoms with E-state index < -0.39 is 16.0 Å². The largest absolute Gasteiger partial charge is 0.465 e. The molecular weight excluding hydrogens is 302 g/mol. The average molecular weight is 327 g/mol. The van der Waals surface area contributed by atoms with Gasteiger partial charge in [-0.1, -0.05) is 32.9 Å². The third kappa shape index (κ3) is 4.81. The molecule has 0 atom stereocenters. The first-order chi connectivity index (χ1) is 10.3. The number of benzene rings is 1. The SMILES string of the molecule is CCCN(CC(=O)OCC)S(=O)(=O)c1ccc(C(C)C)cc1. The van der Waals surface area contributed by atoms with Crippen LogP contribution in [0.3, 0.4) is 0 Å². The number of hydrogen-bond donors (Lipinski definition) is 0. The summed E-state index contributed by atoms with van der Waals surface area (Å²) in [5.41, 5.74) is 1.08. The first kappa shape index (κ1) is 18.6. The smallest absolute Gasteiger partial charge is 0.321 e. The summed E-state index contributed by atoms with van der Waals surface area (Å²) in [5.74, 6) is -0.193. The van der Waals surface area contributed by atoms with E-state index in [0.29, 0.717) is 12.3 Å². The summed E-state index contributed by atoms with van der Waals surface area (Å²) in [5, 5.41) is 0. The fourth-order valence-electron chi connectivity index (χ4n) is 2.06. The van der Waals surface area contributed by atoms with Gasteiger partial charge in [0.2, 0.25) is 10.0 Å². The van der Waals surface area contributed by atoms with E-state index in [4.69, 9.17) is 4.74 Å². The van der Waals surface area contributed by atoms with Crippen LogP contribution in [-0.4, -0.2) is 38.4 Å². The van der Waals surface area contributed by atoms with Crippen molar-refractivity contribution in [3.63, 3.8) is 0 Å². The van der Waals surface area contributed by atoms with E-state index in [1.54, 1.807) is 19.1 Å². The van der Waals surface area contributed by atoms with E-state index in [1.165, 1.54) is 4.31 Å². The molecule has 0 amide bonds. The molecule has 0 N–H and O–H groups in total. The molecule has 0 heterocycles. The Hall–Kier alpha value is -1.40. The number of rotatable bonds is 8. The molecule has 0 saturated heterocycles. The lowest BCUT2D eigenvalue weighted by Crippen LogP contribution is -2.37. The van der Waals surface area contributed by atoms with Crippen molar-refractivity contribution in [3.8, 4) is 0 Å². The van der Waals surface area contributed by atoms with Gasteiger partial charge in [-0.3, -0.25) is 4.79 Å². The zero-order valence-corrected chi connectivity index (χ0v) is 14.5. The second-order valence-electron chi connectivity index (χ2n) is 5.37. The number of nitrogens with zero attached hydrogens (tertiary/aromatic N) is 1. The van der Waals surface area contributed by atoms with Crippen LogP contribution in [0, 0.1) is 0 Å². The van der Waals surface area contributed by atoms with Gasteiger partial charge in [0.05, 0.1) is 11.5 Å². The fourth-order valence-corrected chi connectivity index (χ4v) is 3.53. The standard InChI is InChI=1S/C16H25NO4S/c1-5-11-17(12-16(18)21-6-2)22(19,20)15-9-7-14(8-10-15)13(3)4/h7-10,13H,5-6,11-12H2,1-4H3. The Labute approximate surface area is 133 Å². The van der Waals surface area contributed by atoms with Gasteiger partial charge < -0.3 is 4.74 Å². The van der Waals surface area contributed by atoms with Gasteiger partial charge in [-0.15, -0.1) is 0 Å². The Morgan fingerprint density at radius 1 is 1.18 bits per heavy atom. The number of carbonyl (C=O) groups excluding carboxylic acids is 1. The summed E-state index contributed by atoms with van der Waals surface area (Å²) in [6.45, 7) is 7.93. The summed E-state index contributed by atoms with van der Waals surface area (Å²) >= 11 is 0. The lowest BCUT2D eigenvalue weighted by atomic mass is 10.0. The number of ether oxygens (including phenoxy) is 1. The highest BCUT2D eigenvalue weighted by molar-refractivity contribution is 7.89. The number of carbonyl (C=O) groups is 1. The molecule has 0 spiro atoms. The molecule has 0 bridgehead atoms. The minimum Gasteiger partial charge on any atom is -0.465 e. The average Bonchev–Trinajstić information content (AvgIpc) is 2.47. The van der Waals surface area contributed by atoms with Gasteiger partial charge in [-0.2, -0.15) is 4.31 Å². The minimum atomic E-state index is -3.69. The monoisotopic (exact) mass is 327 g/mol. The molecule has 6 heteroatoms. The van der Waals surface area contributed by atoms with Crippen molar-refractivity contribution in [2.24, 2.45) is 0 Å². The second kappa shape index (κ2) is 8.29. The Morgan fingerprint density at radius 3 is 2.23 bits per heavy atom. The zero-order valence-electron chi connectivity index (χ0n) is 13.7. The molecule has 0 aliphatic heterocycles. The van der Waals surface area contributed by atoms with Gasteiger partial charge >= 0.3 is 5.97 Å². The molecule has 22 heavy (non-hydrogen) atoms. The van der Waals surface area contributed by atoms with Gasteiger partial charge in [0.25, 0.3) is 0 Å². The van der Waals surface area contributed by atoms with Crippen LogP contribution in [0.1, 0.15) is 45.6 Å². The van der Waals surface area contributed by atoms with Crippen molar-refractivity contribution >= 4 is 16.0 Å². The minimum absolute atomic E-state index is 0.203. The van der Waals surface area contributed by atoms with Gasteiger partial charge in [0, 0.05) is 6.54 Å². The molecule has 0 aliphatic carbocycles. The Kier molecular flexibility index (Phi) is 7.03. The topological polar surface area (TPSA) is 63.7 Å². The zero-order chi connectivity index (χ0) is 16.8. The summed E-state index contributed by atoms with van der Waals surface area (Å²) in [6.07, 6.45) is 0.628. The molecule has 0 unspecified atom stereocenters. The number of hydrogen-bond acceptors (Lipinski definition) is 4. The van der Waals surface area contributed by atoms with Gasteiger partial charge in [0.1, 0.15) is 6.54 Å². The molecule has 0 saturated carbocycles. The van der Waals surface area contributed by atoms with Crippen LogP contribution in [0.25, 0.3) is 0 Å². The lowest BCUT2D eigenvalue weighted by molar-refractivity contribution is -0.143. The van der Waals surface area contributed by atoms with Crippen LogP contribution < -0.4 is 0 Å². The van der Waals surface area contributed by atoms with Crippen molar-refractivity contribution < 1.29 is 17.9 Å². The van der Waals surface area contributed by atoms with Crippen LogP contribution in [0.5, 0.6) is 0 Å². The van der Waals surface area contributed by atoms with Crippen LogP contribution in [-0.2, 0) is 19.6 Å². The Bertz CT molecular complexity index is 579. The predicted octanol–water partition coefficient (Wildman–Crippen LogP) is 2.77.